The van der Waals surface area contributed by atoms with Crippen molar-refractivity contribution in [3.63, 3.8) is 0 Å². The summed E-state index contributed by atoms with van der Waals surface area (Å²) in [7, 11) is 0. The fourth-order valence-corrected chi connectivity index (χ4v) is 1.34. The molecule has 4 nitrogen and oxygen atoms in total. The number of carbonyl (C=O) groups is 1. The second-order valence-corrected chi connectivity index (χ2v) is 3.98. The molecule has 0 saturated carbocycles. The lowest BCUT2D eigenvalue weighted by Gasteiger charge is -2.22. The van der Waals surface area contributed by atoms with Gasteiger partial charge in [-0.2, -0.15) is 0 Å². The normalized spacial score (nSPS) is 14.2. The monoisotopic (exact) mass is 225 g/mol. The van der Waals surface area contributed by atoms with Crippen molar-refractivity contribution in [1.82, 2.24) is 4.98 Å². The Labute approximate surface area is 94.1 Å². The lowest BCUT2D eigenvalue weighted by Crippen LogP contribution is -2.48. The van der Waals surface area contributed by atoms with Crippen LogP contribution in [0.3, 0.4) is 0 Å². The van der Waals surface area contributed by atoms with E-state index in [0.717, 1.165) is 12.6 Å². The fraction of sp³-hybridized carbons (Fsp3) is 0.455. The lowest BCUT2D eigenvalue weighted by molar-refractivity contribution is -0.120. The minimum atomic E-state index is -0.926. The molecule has 0 fully saturated rings. The number of rotatable bonds is 4. The van der Waals surface area contributed by atoms with Crippen LogP contribution in [0.1, 0.15) is 26.7 Å². The number of aromatic nitrogens is 1. The van der Waals surface area contributed by atoms with Crippen LogP contribution >= 0.6 is 0 Å². The molecule has 0 bridgehead atoms. The van der Waals surface area contributed by atoms with Crippen LogP contribution in [0, 0.1) is 5.82 Å². The number of anilines is 1. The van der Waals surface area contributed by atoms with Gasteiger partial charge in [-0.25, -0.2) is 9.37 Å². The molecule has 1 rings (SSSR count). The van der Waals surface area contributed by atoms with Crippen LogP contribution in [0.2, 0.25) is 0 Å². The molecule has 3 N–H and O–H groups in total. The van der Waals surface area contributed by atoms with Crippen LogP contribution in [0.4, 0.5) is 10.2 Å². The van der Waals surface area contributed by atoms with Crippen molar-refractivity contribution >= 4 is 11.7 Å². The van der Waals surface area contributed by atoms with Gasteiger partial charge in [0.05, 0.1) is 11.7 Å². The van der Waals surface area contributed by atoms with Gasteiger partial charge in [-0.3, -0.25) is 4.79 Å². The summed E-state index contributed by atoms with van der Waals surface area (Å²) in [6.45, 7) is 3.61. The Hall–Kier alpha value is -1.49. The molecular weight excluding hydrogens is 209 g/mol. The van der Waals surface area contributed by atoms with Crippen LogP contribution in [0.15, 0.2) is 18.3 Å². The largest absolute Gasteiger partial charge is 0.318 e. The Bertz CT molecular complexity index is 362. The summed E-state index contributed by atoms with van der Waals surface area (Å²) in [5.74, 6) is -0.449. The molecule has 1 atom stereocenters. The van der Waals surface area contributed by atoms with Crippen molar-refractivity contribution in [3.05, 3.63) is 24.1 Å². The Morgan fingerprint density at radius 1 is 1.62 bits per heavy atom. The lowest BCUT2D eigenvalue weighted by atomic mass is 9.96. The average Bonchev–Trinajstić information content (AvgIpc) is 2.21. The van der Waals surface area contributed by atoms with Gasteiger partial charge < -0.3 is 11.1 Å². The number of halogens is 1. The minimum Gasteiger partial charge on any atom is -0.318 e. The van der Waals surface area contributed by atoms with E-state index in [1.54, 1.807) is 6.92 Å². The van der Waals surface area contributed by atoms with Gasteiger partial charge in [-0.15, -0.1) is 0 Å². The number of amides is 1. The molecule has 16 heavy (non-hydrogen) atoms. The number of nitrogens with two attached hydrogens (primary N) is 1. The van der Waals surface area contributed by atoms with Gasteiger partial charge >= 0.3 is 0 Å². The molecule has 0 aliphatic carbocycles. The molecule has 1 unspecified atom stereocenters. The van der Waals surface area contributed by atoms with E-state index < -0.39 is 11.4 Å². The van der Waals surface area contributed by atoms with E-state index in [0.29, 0.717) is 12.2 Å². The number of nitrogens with zero attached hydrogens (tertiary/aromatic N) is 1. The molecule has 0 aliphatic rings. The predicted molar refractivity (Wildman–Crippen MR) is 60.3 cm³/mol. The van der Waals surface area contributed by atoms with E-state index in [4.69, 9.17) is 5.73 Å². The first-order valence-electron chi connectivity index (χ1n) is 5.17. The first kappa shape index (κ1) is 12.6. The standard InChI is InChI=1S/C11H16FN3O/c1-3-6-11(2,13)10(16)15-9-5-4-8(12)7-14-9/h4-5,7H,3,6,13H2,1-2H3,(H,14,15,16). The first-order valence-corrected chi connectivity index (χ1v) is 5.17. The van der Waals surface area contributed by atoms with E-state index in [1.807, 2.05) is 6.92 Å². The summed E-state index contributed by atoms with van der Waals surface area (Å²) in [5, 5.41) is 2.55. The van der Waals surface area contributed by atoms with E-state index >= 15 is 0 Å². The number of pyridine rings is 1. The fourth-order valence-electron chi connectivity index (χ4n) is 1.34. The van der Waals surface area contributed by atoms with Crippen LogP contribution in [-0.2, 0) is 4.79 Å². The molecule has 0 saturated heterocycles. The molecule has 0 spiro atoms. The molecule has 0 aliphatic heterocycles. The van der Waals surface area contributed by atoms with Crippen molar-refractivity contribution in [3.8, 4) is 0 Å². The van der Waals surface area contributed by atoms with Crippen molar-refractivity contribution in [1.29, 1.82) is 0 Å². The summed E-state index contributed by atoms with van der Waals surface area (Å²) in [5.41, 5.74) is 4.91. The third kappa shape index (κ3) is 3.27. The second kappa shape index (κ2) is 5.03. The molecular formula is C11H16FN3O. The quantitative estimate of drug-likeness (QED) is 0.819. The molecule has 88 valence electrons. The van der Waals surface area contributed by atoms with Crippen LogP contribution < -0.4 is 11.1 Å². The van der Waals surface area contributed by atoms with Crippen LogP contribution in [-0.4, -0.2) is 16.4 Å². The van der Waals surface area contributed by atoms with Gasteiger partial charge in [0.1, 0.15) is 11.6 Å². The van der Waals surface area contributed by atoms with Crippen molar-refractivity contribution in [2.75, 3.05) is 5.32 Å². The minimum absolute atomic E-state index is 0.305. The summed E-state index contributed by atoms with van der Waals surface area (Å²) < 4.78 is 12.6. The number of carbonyl (C=O) groups excluding carboxylic acids is 1. The maximum atomic E-state index is 12.6. The highest BCUT2D eigenvalue weighted by atomic mass is 19.1. The van der Waals surface area contributed by atoms with Crippen molar-refractivity contribution < 1.29 is 9.18 Å². The van der Waals surface area contributed by atoms with E-state index in [9.17, 15) is 9.18 Å². The zero-order valence-electron chi connectivity index (χ0n) is 9.46. The molecule has 0 aromatic carbocycles. The van der Waals surface area contributed by atoms with Crippen molar-refractivity contribution in [2.45, 2.75) is 32.2 Å². The van der Waals surface area contributed by atoms with Crippen LogP contribution in [0.25, 0.3) is 0 Å². The van der Waals surface area contributed by atoms with Gasteiger partial charge in [0.15, 0.2) is 0 Å². The maximum absolute atomic E-state index is 12.6. The number of hydrogen-bond acceptors (Lipinski definition) is 3. The summed E-state index contributed by atoms with van der Waals surface area (Å²) >= 11 is 0. The predicted octanol–water partition coefficient (Wildman–Crippen LogP) is 1.68. The van der Waals surface area contributed by atoms with Gasteiger partial charge in [0.2, 0.25) is 5.91 Å². The van der Waals surface area contributed by atoms with Crippen LogP contribution in [0.5, 0.6) is 0 Å². The van der Waals surface area contributed by atoms with Gasteiger partial charge in [-0.05, 0) is 25.5 Å². The van der Waals surface area contributed by atoms with Gasteiger partial charge in [0.25, 0.3) is 0 Å². The van der Waals surface area contributed by atoms with E-state index in [-0.39, 0.29) is 5.91 Å². The molecule has 1 aromatic heterocycles. The number of nitrogens with one attached hydrogen (secondary N) is 1. The van der Waals surface area contributed by atoms with Gasteiger partial charge in [0, 0.05) is 0 Å². The van der Waals surface area contributed by atoms with Crippen molar-refractivity contribution in [2.24, 2.45) is 5.73 Å². The third-order valence-corrected chi connectivity index (χ3v) is 2.26. The molecule has 1 heterocycles. The first-order chi connectivity index (χ1) is 7.45. The number of hydrogen-bond donors (Lipinski definition) is 2. The SMILES string of the molecule is CCCC(C)(N)C(=O)Nc1ccc(F)cn1. The summed E-state index contributed by atoms with van der Waals surface area (Å²) in [6, 6.07) is 2.63. The second-order valence-electron chi connectivity index (χ2n) is 3.98. The Morgan fingerprint density at radius 2 is 2.31 bits per heavy atom. The topological polar surface area (TPSA) is 68.0 Å². The highest BCUT2D eigenvalue weighted by Gasteiger charge is 2.27. The Morgan fingerprint density at radius 3 is 2.81 bits per heavy atom. The third-order valence-electron chi connectivity index (χ3n) is 2.26. The van der Waals surface area contributed by atoms with E-state index in [1.165, 1.54) is 12.1 Å². The summed E-state index contributed by atoms with van der Waals surface area (Å²) in [4.78, 5) is 15.5. The Kier molecular flexibility index (Phi) is 3.95. The summed E-state index contributed by atoms with van der Waals surface area (Å²) in [6.07, 6.45) is 2.45. The highest BCUT2D eigenvalue weighted by Crippen LogP contribution is 2.12. The smallest absolute Gasteiger partial charge is 0.245 e. The Balaban J connectivity index is 2.67. The molecule has 5 heteroatoms. The molecule has 0 radical (unpaired) electrons. The highest BCUT2D eigenvalue weighted by molar-refractivity contribution is 5.96. The zero-order valence-corrected chi connectivity index (χ0v) is 9.46. The zero-order chi connectivity index (χ0) is 12.2. The van der Waals surface area contributed by atoms with E-state index in [2.05, 4.69) is 10.3 Å². The maximum Gasteiger partial charge on any atom is 0.245 e. The molecule has 1 aromatic rings. The van der Waals surface area contributed by atoms with Gasteiger partial charge in [-0.1, -0.05) is 13.3 Å². The molecule has 1 amide bonds. The average molecular weight is 225 g/mol.